The fourth-order valence-corrected chi connectivity index (χ4v) is 3.64. The van der Waals surface area contributed by atoms with E-state index < -0.39 is 42.7 Å². The topological polar surface area (TPSA) is 189 Å². The molecule has 2 aromatic rings. The summed E-state index contributed by atoms with van der Waals surface area (Å²) in [6, 6.07) is 8.22. The van der Waals surface area contributed by atoms with Crippen molar-refractivity contribution in [1.29, 1.82) is 0 Å². The van der Waals surface area contributed by atoms with Gasteiger partial charge in [-0.05, 0) is 61.4 Å². The number of carbonyl (C=O) groups is 3. The largest absolute Gasteiger partial charge is 0.504 e. The van der Waals surface area contributed by atoms with Gasteiger partial charge in [0, 0.05) is 12.8 Å². The second-order valence-electron chi connectivity index (χ2n) is 9.01. The third kappa shape index (κ3) is 7.88. The van der Waals surface area contributed by atoms with E-state index in [0.29, 0.717) is 11.1 Å². The number of phenols is 2. The SMILES string of the molecule is CC(=O)C=Cc1ccc(O)c(OOC2CC(O)(C(=O)O)CC(OOc3cc(C=CC(C)=O)ccc3O)C2O)c1. The summed E-state index contributed by atoms with van der Waals surface area (Å²) in [6.07, 6.45) is -0.215. The van der Waals surface area contributed by atoms with Crippen LogP contribution in [0.25, 0.3) is 12.2 Å². The molecule has 0 saturated heterocycles. The normalized spacial score (nSPS) is 23.1. The van der Waals surface area contributed by atoms with Crippen molar-refractivity contribution in [3.05, 3.63) is 59.7 Å². The number of aliphatic hydroxyl groups is 2. The Kier molecular flexibility index (Phi) is 9.43. The molecular weight excluding hydrogens is 516 g/mol. The highest BCUT2D eigenvalue weighted by molar-refractivity contribution is 5.92. The molecule has 39 heavy (non-hydrogen) atoms. The first-order chi connectivity index (χ1) is 18.4. The van der Waals surface area contributed by atoms with Gasteiger partial charge in [0.1, 0.15) is 18.3 Å². The lowest BCUT2D eigenvalue weighted by Gasteiger charge is -2.39. The van der Waals surface area contributed by atoms with Crippen LogP contribution in [0, 0.1) is 0 Å². The van der Waals surface area contributed by atoms with Crippen LogP contribution >= 0.6 is 0 Å². The summed E-state index contributed by atoms with van der Waals surface area (Å²) < 4.78 is 0. The van der Waals surface area contributed by atoms with Crippen LogP contribution < -0.4 is 9.78 Å². The highest BCUT2D eigenvalue weighted by Crippen LogP contribution is 2.36. The number of aliphatic carboxylic acids is 1. The van der Waals surface area contributed by atoms with Gasteiger partial charge in [0.15, 0.2) is 28.7 Å². The summed E-state index contributed by atoms with van der Waals surface area (Å²) in [5.74, 6) is -3.13. The lowest BCUT2D eigenvalue weighted by molar-refractivity contribution is -0.336. The van der Waals surface area contributed by atoms with E-state index in [-0.39, 0.29) is 34.6 Å². The minimum Gasteiger partial charge on any atom is -0.504 e. The summed E-state index contributed by atoms with van der Waals surface area (Å²) in [6.45, 7) is 2.72. The molecule has 3 rings (SSSR count). The van der Waals surface area contributed by atoms with Crippen molar-refractivity contribution in [3.8, 4) is 23.0 Å². The van der Waals surface area contributed by atoms with E-state index in [0.717, 1.165) is 0 Å². The van der Waals surface area contributed by atoms with Crippen LogP contribution in [-0.2, 0) is 24.2 Å². The zero-order valence-corrected chi connectivity index (χ0v) is 21.0. The Morgan fingerprint density at radius 2 is 1.23 bits per heavy atom. The van der Waals surface area contributed by atoms with E-state index in [1.807, 2.05) is 0 Å². The van der Waals surface area contributed by atoms with Crippen molar-refractivity contribution in [2.75, 3.05) is 0 Å². The second kappa shape index (κ2) is 12.5. The molecule has 0 amide bonds. The zero-order valence-electron chi connectivity index (χ0n) is 21.0. The molecule has 0 spiro atoms. The van der Waals surface area contributed by atoms with Crippen molar-refractivity contribution in [2.24, 2.45) is 0 Å². The highest BCUT2D eigenvalue weighted by Gasteiger charge is 2.52. The number of rotatable bonds is 11. The van der Waals surface area contributed by atoms with Gasteiger partial charge in [0.05, 0.1) is 0 Å². The first-order valence-electron chi connectivity index (χ1n) is 11.7. The lowest BCUT2D eigenvalue weighted by Crippen LogP contribution is -2.57. The Balaban J connectivity index is 1.76. The first kappa shape index (κ1) is 29.3. The molecule has 208 valence electrons. The standard InChI is InChI=1S/C27H28O12/c1-15(28)3-5-17-7-9-19(30)21(11-17)36-38-23-13-27(35,26(33)34)14-24(25(23)32)39-37-22-12-18(6-4-16(2)29)8-10-20(22)31/h3-12,23-25,30-32,35H,13-14H2,1-2H3,(H,33,34). The highest BCUT2D eigenvalue weighted by atomic mass is 17.2. The van der Waals surface area contributed by atoms with Gasteiger partial charge in [-0.2, -0.15) is 9.78 Å². The van der Waals surface area contributed by atoms with E-state index in [4.69, 9.17) is 19.6 Å². The number of benzene rings is 2. The number of phenolic OH excluding ortho intramolecular Hbond substituents is 2. The fraction of sp³-hybridized carbons (Fsp3) is 0.296. The molecule has 2 unspecified atom stereocenters. The predicted molar refractivity (Wildman–Crippen MR) is 134 cm³/mol. The van der Waals surface area contributed by atoms with E-state index in [1.165, 1.54) is 74.5 Å². The Morgan fingerprint density at radius 3 is 1.59 bits per heavy atom. The summed E-state index contributed by atoms with van der Waals surface area (Å²) in [4.78, 5) is 54.9. The number of carbonyl (C=O) groups excluding carboxylic acids is 2. The number of hydrogen-bond acceptors (Lipinski definition) is 11. The second-order valence-corrected chi connectivity index (χ2v) is 9.01. The van der Waals surface area contributed by atoms with Gasteiger partial charge in [-0.15, -0.1) is 0 Å². The van der Waals surface area contributed by atoms with Crippen LogP contribution in [0.2, 0.25) is 0 Å². The van der Waals surface area contributed by atoms with E-state index in [2.05, 4.69) is 0 Å². The van der Waals surface area contributed by atoms with Gasteiger partial charge in [-0.3, -0.25) is 9.59 Å². The van der Waals surface area contributed by atoms with Gasteiger partial charge in [-0.25, -0.2) is 4.79 Å². The number of ketones is 2. The van der Waals surface area contributed by atoms with E-state index in [9.17, 15) is 39.9 Å². The average molecular weight is 545 g/mol. The smallest absolute Gasteiger partial charge is 0.335 e. The number of hydrogen-bond donors (Lipinski definition) is 5. The van der Waals surface area contributed by atoms with Crippen molar-refractivity contribution in [1.82, 2.24) is 0 Å². The van der Waals surface area contributed by atoms with E-state index in [1.54, 1.807) is 0 Å². The van der Waals surface area contributed by atoms with Gasteiger partial charge in [-0.1, -0.05) is 24.3 Å². The zero-order chi connectivity index (χ0) is 28.7. The molecule has 0 aliphatic heterocycles. The van der Waals surface area contributed by atoms with Crippen LogP contribution in [0.1, 0.15) is 37.8 Å². The maximum absolute atomic E-state index is 11.8. The quantitative estimate of drug-likeness (QED) is 0.158. The minimum absolute atomic E-state index is 0.202. The molecule has 1 fully saturated rings. The van der Waals surface area contributed by atoms with Crippen LogP contribution in [0.3, 0.4) is 0 Å². The van der Waals surface area contributed by atoms with Gasteiger partial charge in [0.25, 0.3) is 0 Å². The number of aliphatic hydroxyl groups excluding tert-OH is 1. The van der Waals surface area contributed by atoms with Crippen LogP contribution in [-0.4, -0.2) is 67.0 Å². The molecule has 1 aliphatic carbocycles. The predicted octanol–water partition coefficient (Wildman–Crippen LogP) is 2.33. The molecule has 12 nitrogen and oxygen atoms in total. The molecule has 12 heteroatoms. The van der Waals surface area contributed by atoms with Gasteiger partial charge >= 0.3 is 5.97 Å². The Labute approximate surface area is 222 Å². The lowest BCUT2D eigenvalue weighted by atomic mass is 9.79. The van der Waals surface area contributed by atoms with Gasteiger partial charge in [0.2, 0.25) is 11.5 Å². The molecule has 2 aromatic carbocycles. The number of aromatic hydroxyl groups is 2. The monoisotopic (exact) mass is 544 g/mol. The first-order valence-corrected chi connectivity index (χ1v) is 11.7. The maximum Gasteiger partial charge on any atom is 0.335 e. The Bertz CT molecular complexity index is 1190. The molecule has 0 radical (unpaired) electrons. The van der Waals surface area contributed by atoms with Gasteiger partial charge < -0.3 is 35.3 Å². The third-order valence-corrected chi connectivity index (χ3v) is 5.75. The summed E-state index contributed by atoms with van der Waals surface area (Å²) in [5, 5.41) is 51.2. The number of allylic oxidation sites excluding steroid dienone is 2. The maximum atomic E-state index is 11.8. The molecule has 1 saturated carbocycles. The summed E-state index contributed by atoms with van der Waals surface area (Å²) in [5.41, 5.74) is -1.46. The van der Waals surface area contributed by atoms with Crippen molar-refractivity contribution in [2.45, 2.75) is 50.6 Å². The molecule has 0 bridgehead atoms. The van der Waals surface area contributed by atoms with Crippen molar-refractivity contribution < 1.29 is 59.5 Å². The molecule has 1 aliphatic rings. The number of carboxylic acids is 1. The fourth-order valence-electron chi connectivity index (χ4n) is 3.64. The summed E-state index contributed by atoms with van der Waals surface area (Å²) in [7, 11) is 0. The molecule has 2 atom stereocenters. The Hall–Kier alpha value is -4.23. The van der Waals surface area contributed by atoms with Crippen molar-refractivity contribution in [3.63, 3.8) is 0 Å². The molecular formula is C27H28O12. The van der Waals surface area contributed by atoms with Crippen LogP contribution in [0.5, 0.6) is 23.0 Å². The number of carboxylic acid groups (broad SMARTS) is 1. The van der Waals surface area contributed by atoms with Crippen LogP contribution in [0.15, 0.2) is 48.6 Å². The molecule has 0 aromatic heterocycles. The minimum atomic E-state index is -2.41. The van der Waals surface area contributed by atoms with E-state index >= 15 is 0 Å². The summed E-state index contributed by atoms with van der Waals surface area (Å²) >= 11 is 0. The Morgan fingerprint density at radius 1 is 0.821 bits per heavy atom. The average Bonchev–Trinajstić information content (AvgIpc) is 2.88. The molecule has 5 N–H and O–H groups in total. The van der Waals surface area contributed by atoms with Crippen LogP contribution in [0.4, 0.5) is 0 Å². The third-order valence-electron chi connectivity index (χ3n) is 5.75. The molecule has 0 heterocycles. The van der Waals surface area contributed by atoms with Crippen molar-refractivity contribution >= 4 is 29.7 Å².